The van der Waals surface area contributed by atoms with Crippen molar-refractivity contribution in [1.82, 2.24) is 4.98 Å². The summed E-state index contributed by atoms with van der Waals surface area (Å²) in [5, 5.41) is 0.783. The molecule has 0 bridgehead atoms. The first-order chi connectivity index (χ1) is 7.50. The number of ketones is 1. The van der Waals surface area contributed by atoms with E-state index in [4.69, 9.17) is 23.2 Å². The van der Waals surface area contributed by atoms with Crippen LogP contribution in [0.4, 0.5) is 0 Å². The number of carbonyl (C=O) groups is 1. The Morgan fingerprint density at radius 2 is 2.12 bits per heavy atom. The highest BCUT2D eigenvalue weighted by Crippen LogP contribution is 2.20. The van der Waals surface area contributed by atoms with Crippen LogP contribution in [0.2, 0.25) is 10.0 Å². The number of hydrogen-bond acceptors (Lipinski definition) is 2. The predicted molar refractivity (Wildman–Crippen MR) is 67.3 cm³/mol. The molecule has 0 aliphatic heterocycles. The third-order valence-electron chi connectivity index (χ3n) is 2.26. The normalized spacial score (nSPS) is 10.8. The summed E-state index contributed by atoms with van der Waals surface area (Å²) in [6.07, 6.45) is 3.85. The zero-order chi connectivity index (χ0) is 12.1. The topological polar surface area (TPSA) is 30.0 Å². The van der Waals surface area contributed by atoms with Gasteiger partial charge < -0.3 is 0 Å². The summed E-state index contributed by atoms with van der Waals surface area (Å²) in [5.41, 5.74) is 0.329. The van der Waals surface area contributed by atoms with Crippen molar-refractivity contribution in [3.8, 4) is 0 Å². The standard InChI is InChI=1S/C12H15Cl2NO/c1-8(2)4-3-5-11(16)12-10(14)6-9(13)7-15-12/h6-8H,3-5H2,1-2H3. The molecule has 0 saturated carbocycles. The van der Waals surface area contributed by atoms with Gasteiger partial charge in [-0.2, -0.15) is 0 Å². The SMILES string of the molecule is CC(C)CCCC(=O)c1ncc(Cl)cc1Cl. The number of pyridine rings is 1. The first-order valence-corrected chi connectivity index (χ1v) is 6.10. The number of rotatable bonds is 5. The molecule has 0 aliphatic carbocycles. The summed E-state index contributed by atoms with van der Waals surface area (Å²) >= 11 is 11.6. The van der Waals surface area contributed by atoms with Gasteiger partial charge in [-0.1, -0.05) is 43.5 Å². The Hall–Kier alpha value is -0.600. The van der Waals surface area contributed by atoms with E-state index in [1.165, 1.54) is 6.20 Å². The number of Topliss-reactive ketones (excluding diaryl/α,β-unsaturated/α-hetero) is 1. The molecule has 0 N–H and O–H groups in total. The lowest BCUT2D eigenvalue weighted by atomic mass is 10.0. The van der Waals surface area contributed by atoms with Crippen LogP contribution in [0, 0.1) is 5.92 Å². The van der Waals surface area contributed by atoms with Gasteiger partial charge in [-0.25, -0.2) is 0 Å². The van der Waals surface area contributed by atoms with E-state index in [0.717, 1.165) is 12.8 Å². The van der Waals surface area contributed by atoms with E-state index in [-0.39, 0.29) is 5.78 Å². The summed E-state index contributed by atoms with van der Waals surface area (Å²) in [6, 6.07) is 1.55. The van der Waals surface area contributed by atoms with Crippen molar-refractivity contribution < 1.29 is 4.79 Å². The summed E-state index contributed by atoms with van der Waals surface area (Å²) < 4.78 is 0. The Kier molecular flexibility index (Phi) is 5.23. The van der Waals surface area contributed by atoms with Crippen LogP contribution in [0.5, 0.6) is 0 Å². The molecule has 0 saturated heterocycles. The van der Waals surface area contributed by atoms with Gasteiger partial charge in [0, 0.05) is 12.6 Å². The number of aromatic nitrogens is 1. The largest absolute Gasteiger partial charge is 0.292 e. The highest BCUT2D eigenvalue weighted by molar-refractivity contribution is 6.36. The van der Waals surface area contributed by atoms with Crippen LogP contribution in [0.25, 0.3) is 0 Å². The fraction of sp³-hybridized carbons (Fsp3) is 0.500. The monoisotopic (exact) mass is 259 g/mol. The van der Waals surface area contributed by atoms with Crippen LogP contribution in [0.15, 0.2) is 12.3 Å². The van der Waals surface area contributed by atoms with Gasteiger partial charge in [0.1, 0.15) is 5.69 Å². The van der Waals surface area contributed by atoms with Crippen molar-refractivity contribution in [3.63, 3.8) is 0 Å². The van der Waals surface area contributed by atoms with E-state index in [9.17, 15) is 4.79 Å². The number of hydrogen-bond donors (Lipinski definition) is 0. The molecule has 88 valence electrons. The molecular formula is C12H15Cl2NO. The van der Waals surface area contributed by atoms with E-state index in [2.05, 4.69) is 18.8 Å². The molecule has 0 spiro atoms. The van der Waals surface area contributed by atoms with Gasteiger partial charge in [0.2, 0.25) is 0 Å². The smallest absolute Gasteiger partial charge is 0.182 e. The molecule has 0 amide bonds. The highest BCUT2D eigenvalue weighted by Gasteiger charge is 2.12. The summed E-state index contributed by atoms with van der Waals surface area (Å²) in [4.78, 5) is 15.7. The molecule has 0 aromatic carbocycles. The highest BCUT2D eigenvalue weighted by atomic mass is 35.5. The van der Waals surface area contributed by atoms with Gasteiger partial charge in [-0.3, -0.25) is 9.78 Å². The summed E-state index contributed by atoms with van der Waals surface area (Å²) in [5.74, 6) is 0.601. The number of nitrogens with zero attached hydrogens (tertiary/aromatic N) is 1. The Morgan fingerprint density at radius 3 is 2.69 bits per heavy atom. The molecule has 0 fully saturated rings. The lowest BCUT2D eigenvalue weighted by Crippen LogP contribution is -2.03. The second-order valence-corrected chi connectivity index (χ2v) is 5.04. The molecule has 16 heavy (non-hydrogen) atoms. The molecule has 4 heteroatoms. The van der Waals surface area contributed by atoms with Crippen molar-refractivity contribution in [3.05, 3.63) is 28.0 Å². The van der Waals surface area contributed by atoms with Crippen molar-refractivity contribution in [1.29, 1.82) is 0 Å². The average molecular weight is 260 g/mol. The minimum absolute atomic E-state index is 0.0117. The molecule has 1 aromatic heterocycles. The van der Waals surface area contributed by atoms with Gasteiger partial charge in [0.25, 0.3) is 0 Å². The zero-order valence-electron chi connectivity index (χ0n) is 9.46. The molecule has 1 aromatic rings. The second-order valence-electron chi connectivity index (χ2n) is 4.19. The third-order valence-corrected chi connectivity index (χ3v) is 2.75. The second kappa shape index (κ2) is 6.21. The lowest BCUT2D eigenvalue weighted by molar-refractivity contribution is 0.0973. The molecule has 0 radical (unpaired) electrons. The van der Waals surface area contributed by atoms with Gasteiger partial charge >= 0.3 is 0 Å². The molecule has 0 aliphatic rings. The Labute approximate surface area is 106 Å². The van der Waals surface area contributed by atoms with E-state index in [1.807, 2.05) is 0 Å². The number of carbonyl (C=O) groups excluding carboxylic acids is 1. The van der Waals surface area contributed by atoms with E-state index in [0.29, 0.717) is 28.1 Å². The molecule has 1 heterocycles. The van der Waals surface area contributed by atoms with Gasteiger partial charge in [0.15, 0.2) is 5.78 Å². The minimum Gasteiger partial charge on any atom is -0.292 e. The van der Waals surface area contributed by atoms with Crippen molar-refractivity contribution in [2.45, 2.75) is 33.1 Å². The van der Waals surface area contributed by atoms with Crippen LogP contribution in [0.3, 0.4) is 0 Å². The van der Waals surface area contributed by atoms with Crippen LogP contribution < -0.4 is 0 Å². The van der Waals surface area contributed by atoms with Crippen LogP contribution >= 0.6 is 23.2 Å². The van der Waals surface area contributed by atoms with E-state index in [1.54, 1.807) is 6.07 Å². The Balaban J connectivity index is 2.59. The molecule has 0 unspecified atom stereocenters. The molecular weight excluding hydrogens is 245 g/mol. The molecule has 1 rings (SSSR count). The molecule has 2 nitrogen and oxygen atoms in total. The maximum absolute atomic E-state index is 11.8. The first-order valence-electron chi connectivity index (χ1n) is 5.35. The van der Waals surface area contributed by atoms with Gasteiger partial charge in [-0.05, 0) is 18.4 Å². The summed E-state index contributed by atoms with van der Waals surface area (Å²) in [7, 11) is 0. The third kappa shape index (κ3) is 4.11. The Bertz CT molecular complexity index is 377. The van der Waals surface area contributed by atoms with E-state index < -0.39 is 0 Å². The van der Waals surface area contributed by atoms with Crippen molar-refractivity contribution in [2.24, 2.45) is 5.92 Å². The van der Waals surface area contributed by atoms with Crippen LogP contribution in [0.1, 0.15) is 43.6 Å². The maximum Gasteiger partial charge on any atom is 0.182 e. The Morgan fingerprint density at radius 1 is 1.44 bits per heavy atom. The predicted octanol–water partition coefficient (Wildman–Crippen LogP) is 4.40. The van der Waals surface area contributed by atoms with E-state index >= 15 is 0 Å². The lowest BCUT2D eigenvalue weighted by Gasteiger charge is -2.05. The minimum atomic E-state index is -0.0117. The van der Waals surface area contributed by atoms with Crippen LogP contribution in [-0.2, 0) is 0 Å². The van der Waals surface area contributed by atoms with Gasteiger partial charge in [0.05, 0.1) is 10.0 Å². The van der Waals surface area contributed by atoms with Crippen molar-refractivity contribution in [2.75, 3.05) is 0 Å². The first kappa shape index (κ1) is 13.5. The molecule has 0 atom stereocenters. The maximum atomic E-state index is 11.8. The van der Waals surface area contributed by atoms with Gasteiger partial charge in [-0.15, -0.1) is 0 Å². The number of halogens is 2. The fourth-order valence-electron chi connectivity index (χ4n) is 1.41. The zero-order valence-corrected chi connectivity index (χ0v) is 11.0. The van der Waals surface area contributed by atoms with Crippen molar-refractivity contribution >= 4 is 29.0 Å². The summed E-state index contributed by atoms with van der Waals surface area (Å²) in [6.45, 7) is 4.27. The quantitative estimate of drug-likeness (QED) is 0.734. The average Bonchev–Trinajstić information content (AvgIpc) is 2.16. The van der Waals surface area contributed by atoms with Crippen LogP contribution in [-0.4, -0.2) is 10.8 Å². The fourth-order valence-corrected chi connectivity index (χ4v) is 1.89.